The van der Waals surface area contributed by atoms with Gasteiger partial charge in [-0.15, -0.1) is 11.8 Å². The van der Waals surface area contributed by atoms with Crippen LogP contribution in [0.1, 0.15) is 0 Å². The van der Waals surface area contributed by atoms with Crippen molar-refractivity contribution in [3.63, 3.8) is 0 Å². The number of ether oxygens (including phenoxy) is 1. The second-order valence-electron chi connectivity index (χ2n) is 2.22. The summed E-state index contributed by atoms with van der Waals surface area (Å²) in [6, 6.07) is 0. The third-order valence-electron chi connectivity index (χ3n) is 1.63. The lowest BCUT2D eigenvalue weighted by molar-refractivity contribution is -0.141. The molecule has 0 amide bonds. The molecule has 0 spiro atoms. The zero-order valence-electron chi connectivity index (χ0n) is 4.61. The molecule has 0 aromatic heterocycles. The molecule has 0 radical (unpaired) electrons. The van der Waals surface area contributed by atoms with Crippen LogP contribution in [0, 0.1) is 0 Å². The van der Waals surface area contributed by atoms with E-state index in [9.17, 15) is 4.79 Å². The van der Waals surface area contributed by atoms with Crippen LogP contribution >= 0.6 is 11.8 Å². The van der Waals surface area contributed by atoms with Crippen LogP contribution in [-0.2, 0) is 9.53 Å². The maximum absolute atomic E-state index is 10.6. The summed E-state index contributed by atoms with van der Waals surface area (Å²) in [6.45, 7) is 0. The molecule has 50 valence electrons. The van der Waals surface area contributed by atoms with E-state index in [1.165, 1.54) is 11.8 Å². The van der Waals surface area contributed by atoms with Crippen molar-refractivity contribution in [2.24, 2.45) is 0 Å². The van der Waals surface area contributed by atoms with Crippen molar-refractivity contribution in [2.45, 2.75) is 17.5 Å². The van der Waals surface area contributed by atoms with Gasteiger partial charge in [-0.25, -0.2) is 0 Å². The van der Waals surface area contributed by atoms with Crippen molar-refractivity contribution in [1.29, 1.82) is 0 Å². The lowest BCUT2D eigenvalue weighted by Gasteiger charge is -2.07. The van der Waals surface area contributed by atoms with Gasteiger partial charge in [0.15, 0.2) is 0 Å². The predicted octanol–water partition coefficient (Wildman–Crippen LogP) is -0.612. The highest BCUT2D eigenvalue weighted by Gasteiger charge is 2.49. The SMILES string of the molecule is O=C1O[C@@H]2CS[C@H]1[C@H]2O. The minimum Gasteiger partial charge on any atom is -0.458 e. The molecule has 4 heteroatoms. The van der Waals surface area contributed by atoms with Crippen LogP contribution in [0.4, 0.5) is 0 Å². The molecular formula is C5H6O3S. The Morgan fingerprint density at radius 1 is 1.78 bits per heavy atom. The fourth-order valence-corrected chi connectivity index (χ4v) is 2.34. The van der Waals surface area contributed by atoms with E-state index in [2.05, 4.69) is 0 Å². The maximum atomic E-state index is 10.6. The molecule has 0 aliphatic carbocycles. The highest BCUT2D eigenvalue weighted by Crippen LogP contribution is 2.36. The smallest absolute Gasteiger partial charge is 0.322 e. The van der Waals surface area contributed by atoms with Gasteiger partial charge in [0, 0.05) is 5.75 Å². The van der Waals surface area contributed by atoms with Gasteiger partial charge in [-0.05, 0) is 0 Å². The molecule has 2 heterocycles. The first-order chi connectivity index (χ1) is 4.29. The van der Waals surface area contributed by atoms with Crippen molar-refractivity contribution in [2.75, 3.05) is 5.75 Å². The number of thioether (sulfide) groups is 1. The van der Waals surface area contributed by atoms with Crippen LogP contribution in [0.25, 0.3) is 0 Å². The van der Waals surface area contributed by atoms with E-state index in [4.69, 9.17) is 9.84 Å². The molecule has 2 fully saturated rings. The Kier molecular flexibility index (Phi) is 1.01. The zero-order chi connectivity index (χ0) is 6.43. The fourth-order valence-electron chi connectivity index (χ4n) is 1.12. The molecular weight excluding hydrogens is 140 g/mol. The number of esters is 1. The summed E-state index contributed by atoms with van der Waals surface area (Å²) in [5.74, 6) is 0.515. The van der Waals surface area contributed by atoms with Crippen LogP contribution in [0.15, 0.2) is 0 Å². The minimum atomic E-state index is -0.539. The Morgan fingerprint density at radius 2 is 2.56 bits per heavy atom. The van der Waals surface area contributed by atoms with Gasteiger partial charge in [0.1, 0.15) is 17.5 Å². The maximum Gasteiger partial charge on any atom is 0.322 e. The lowest BCUT2D eigenvalue weighted by Crippen LogP contribution is -2.21. The Morgan fingerprint density at radius 3 is 2.78 bits per heavy atom. The van der Waals surface area contributed by atoms with Crippen LogP contribution < -0.4 is 0 Å². The minimum absolute atomic E-state index is 0.215. The van der Waals surface area contributed by atoms with Gasteiger partial charge in [0.25, 0.3) is 0 Å². The first-order valence-corrected chi connectivity index (χ1v) is 3.84. The first-order valence-electron chi connectivity index (χ1n) is 2.79. The second kappa shape index (κ2) is 1.64. The van der Waals surface area contributed by atoms with Gasteiger partial charge in [-0.3, -0.25) is 4.79 Å². The molecule has 0 aromatic carbocycles. The van der Waals surface area contributed by atoms with Gasteiger partial charge < -0.3 is 9.84 Å². The molecule has 9 heavy (non-hydrogen) atoms. The van der Waals surface area contributed by atoms with E-state index in [0.717, 1.165) is 5.75 Å². The zero-order valence-corrected chi connectivity index (χ0v) is 5.43. The summed E-state index contributed by atoms with van der Waals surface area (Å²) in [5, 5.41) is 8.85. The van der Waals surface area contributed by atoms with Crippen molar-refractivity contribution in [1.82, 2.24) is 0 Å². The molecule has 0 saturated carbocycles. The number of carbonyl (C=O) groups is 1. The van der Waals surface area contributed by atoms with Gasteiger partial charge >= 0.3 is 5.97 Å². The summed E-state index contributed by atoms with van der Waals surface area (Å²) in [6.07, 6.45) is -0.755. The molecule has 2 aliphatic heterocycles. The number of rotatable bonds is 0. The van der Waals surface area contributed by atoms with E-state index in [-0.39, 0.29) is 17.3 Å². The number of hydrogen-bond acceptors (Lipinski definition) is 4. The summed E-state index contributed by atoms with van der Waals surface area (Å²) in [7, 11) is 0. The molecule has 2 saturated heterocycles. The van der Waals surface area contributed by atoms with Crippen molar-refractivity contribution in [3.8, 4) is 0 Å². The normalized spacial score (nSPS) is 47.7. The van der Waals surface area contributed by atoms with Crippen LogP contribution in [0.5, 0.6) is 0 Å². The topological polar surface area (TPSA) is 46.5 Å². The number of aliphatic hydroxyl groups excluding tert-OH is 1. The van der Waals surface area contributed by atoms with Crippen LogP contribution in [-0.4, -0.2) is 34.3 Å². The largest absolute Gasteiger partial charge is 0.458 e. The first kappa shape index (κ1) is 5.56. The molecule has 0 aromatic rings. The van der Waals surface area contributed by atoms with Crippen molar-refractivity contribution >= 4 is 17.7 Å². The molecule has 2 bridgehead atoms. The van der Waals surface area contributed by atoms with Crippen molar-refractivity contribution < 1.29 is 14.6 Å². The van der Waals surface area contributed by atoms with Gasteiger partial charge in [0.2, 0.25) is 0 Å². The second-order valence-corrected chi connectivity index (χ2v) is 3.39. The van der Waals surface area contributed by atoms with E-state index in [1.807, 2.05) is 0 Å². The third-order valence-corrected chi connectivity index (χ3v) is 2.98. The Balaban J connectivity index is 2.26. The van der Waals surface area contributed by atoms with E-state index < -0.39 is 6.10 Å². The Bertz CT molecular complexity index is 158. The number of hydrogen-bond donors (Lipinski definition) is 1. The molecule has 1 N–H and O–H groups in total. The van der Waals surface area contributed by atoms with Gasteiger partial charge in [-0.2, -0.15) is 0 Å². The summed E-state index contributed by atoms with van der Waals surface area (Å²) < 4.78 is 4.76. The standard InChI is InChI=1S/C5H6O3S/c6-3-2-1-9-4(3)5(7)8-2/h2-4,6H,1H2/t2-,3+,4+/m1/s1. The molecule has 3 atom stereocenters. The van der Waals surface area contributed by atoms with Gasteiger partial charge in [-0.1, -0.05) is 0 Å². The number of carbonyl (C=O) groups excluding carboxylic acids is 1. The van der Waals surface area contributed by atoms with Crippen LogP contribution in [0.3, 0.4) is 0 Å². The number of aliphatic hydroxyl groups is 1. The quantitative estimate of drug-likeness (QED) is 0.463. The summed E-state index contributed by atoms with van der Waals surface area (Å²) >= 11 is 1.48. The van der Waals surface area contributed by atoms with E-state index in [0.29, 0.717) is 0 Å². The molecule has 0 unspecified atom stereocenters. The van der Waals surface area contributed by atoms with Crippen LogP contribution in [0.2, 0.25) is 0 Å². The van der Waals surface area contributed by atoms with Crippen molar-refractivity contribution in [3.05, 3.63) is 0 Å². The monoisotopic (exact) mass is 146 g/mol. The summed E-state index contributed by atoms with van der Waals surface area (Å²) in [5.41, 5.74) is 0. The van der Waals surface area contributed by atoms with E-state index in [1.54, 1.807) is 0 Å². The average molecular weight is 146 g/mol. The number of fused-ring (bicyclic) bond motifs is 2. The lowest BCUT2D eigenvalue weighted by atomic mass is 10.2. The van der Waals surface area contributed by atoms with E-state index >= 15 is 0 Å². The highest BCUT2D eigenvalue weighted by atomic mass is 32.2. The molecule has 3 nitrogen and oxygen atoms in total. The fraction of sp³-hybridized carbons (Fsp3) is 0.800. The Labute approximate surface area is 56.4 Å². The molecule has 2 aliphatic rings. The average Bonchev–Trinajstić information content (AvgIpc) is 2.25. The molecule has 2 rings (SSSR count). The summed E-state index contributed by atoms with van der Waals surface area (Å²) in [4.78, 5) is 10.6. The Hall–Kier alpha value is -0.220. The predicted molar refractivity (Wildman–Crippen MR) is 32.1 cm³/mol. The third kappa shape index (κ3) is 0.602. The van der Waals surface area contributed by atoms with Gasteiger partial charge in [0.05, 0.1) is 0 Å². The highest BCUT2D eigenvalue weighted by molar-refractivity contribution is 8.01.